The van der Waals surface area contributed by atoms with E-state index in [-0.39, 0.29) is 18.1 Å². The minimum atomic E-state index is -0.00694. The van der Waals surface area contributed by atoms with Crippen LogP contribution in [0.25, 0.3) is 0 Å². The van der Waals surface area contributed by atoms with Crippen LogP contribution in [0.2, 0.25) is 0 Å². The van der Waals surface area contributed by atoms with Crippen LogP contribution >= 0.6 is 0 Å². The van der Waals surface area contributed by atoms with Gasteiger partial charge in [0.25, 0.3) is 0 Å². The average Bonchev–Trinajstić information content (AvgIpc) is 2.07. The highest BCUT2D eigenvalue weighted by molar-refractivity contribution is 4.88. The number of aliphatic hydroxyl groups is 1. The zero-order chi connectivity index (χ0) is 10.5. The van der Waals surface area contributed by atoms with E-state index in [1.165, 1.54) is 0 Å². The lowest BCUT2D eigenvalue weighted by atomic mass is 9.86. The van der Waals surface area contributed by atoms with Crippen molar-refractivity contribution in [3.05, 3.63) is 0 Å². The van der Waals surface area contributed by atoms with Gasteiger partial charge in [0.1, 0.15) is 0 Å². The van der Waals surface area contributed by atoms with Crippen LogP contribution in [0.4, 0.5) is 0 Å². The number of aliphatic hydroxyl groups excluding tert-OH is 1. The third kappa shape index (κ3) is 2.93. The molecule has 80 valence electrons. The zero-order valence-corrected chi connectivity index (χ0v) is 9.38. The number of hydrogen-bond acceptors (Lipinski definition) is 3. The van der Waals surface area contributed by atoms with Crippen LogP contribution in [0.15, 0.2) is 0 Å². The van der Waals surface area contributed by atoms with Gasteiger partial charge >= 0.3 is 0 Å². The molecule has 0 aromatic carbocycles. The first-order valence-electron chi connectivity index (χ1n) is 5.10. The summed E-state index contributed by atoms with van der Waals surface area (Å²) in [5.74, 6) is 0.160. The van der Waals surface area contributed by atoms with Crippen LogP contribution in [-0.4, -0.2) is 41.8 Å². The standard InChI is InChI=1S/C10H24N2O/c1-5-12(6-2)10(3,4)9(7-11)8-13/h9,13H,5-8,11H2,1-4H3/t9-/m0/s1. The van der Waals surface area contributed by atoms with E-state index in [1.807, 2.05) is 0 Å². The molecule has 0 amide bonds. The van der Waals surface area contributed by atoms with Gasteiger partial charge in [-0.1, -0.05) is 13.8 Å². The Morgan fingerprint density at radius 3 is 2.00 bits per heavy atom. The summed E-state index contributed by atoms with van der Waals surface area (Å²) in [7, 11) is 0. The molecular formula is C10H24N2O. The average molecular weight is 188 g/mol. The molecule has 0 aliphatic rings. The maximum Gasteiger partial charge on any atom is 0.0488 e. The van der Waals surface area contributed by atoms with Crippen molar-refractivity contribution in [1.82, 2.24) is 4.90 Å². The molecule has 0 spiro atoms. The molecule has 0 aliphatic heterocycles. The van der Waals surface area contributed by atoms with E-state index < -0.39 is 0 Å². The Kier molecular flexibility index (Phi) is 5.53. The Labute approximate surface area is 81.9 Å². The summed E-state index contributed by atoms with van der Waals surface area (Å²) in [6, 6.07) is 0. The molecule has 0 radical (unpaired) electrons. The summed E-state index contributed by atoms with van der Waals surface area (Å²) >= 11 is 0. The van der Waals surface area contributed by atoms with Crippen LogP contribution in [-0.2, 0) is 0 Å². The van der Waals surface area contributed by atoms with Gasteiger partial charge in [0, 0.05) is 18.1 Å². The largest absolute Gasteiger partial charge is 0.396 e. The van der Waals surface area contributed by atoms with Gasteiger partial charge in [-0.2, -0.15) is 0 Å². The van der Waals surface area contributed by atoms with Crippen LogP contribution in [0.5, 0.6) is 0 Å². The molecule has 0 saturated carbocycles. The molecule has 3 N–H and O–H groups in total. The number of rotatable bonds is 6. The zero-order valence-electron chi connectivity index (χ0n) is 9.38. The quantitative estimate of drug-likeness (QED) is 0.644. The lowest BCUT2D eigenvalue weighted by Gasteiger charge is -2.42. The van der Waals surface area contributed by atoms with E-state index in [0.29, 0.717) is 6.54 Å². The van der Waals surface area contributed by atoms with Crippen molar-refractivity contribution in [3.63, 3.8) is 0 Å². The fourth-order valence-electron chi connectivity index (χ4n) is 1.88. The van der Waals surface area contributed by atoms with Gasteiger partial charge in [-0.25, -0.2) is 0 Å². The van der Waals surface area contributed by atoms with Gasteiger partial charge in [0.05, 0.1) is 0 Å². The lowest BCUT2D eigenvalue weighted by Crippen LogP contribution is -2.52. The van der Waals surface area contributed by atoms with E-state index in [9.17, 15) is 5.11 Å². The van der Waals surface area contributed by atoms with Crippen molar-refractivity contribution in [2.24, 2.45) is 11.7 Å². The number of hydrogen-bond donors (Lipinski definition) is 2. The van der Waals surface area contributed by atoms with Crippen LogP contribution < -0.4 is 5.73 Å². The molecule has 0 unspecified atom stereocenters. The Hall–Kier alpha value is -0.120. The molecule has 0 saturated heterocycles. The SMILES string of the molecule is CCN(CC)C(C)(C)[C@@H](CN)CO. The fourth-order valence-corrected chi connectivity index (χ4v) is 1.88. The molecule has 0 fully saturated rings. The van der Waals surface area contributed by atoms with Gasteiger partial charge in [-0.3, -0.25) is 4.90 Å². The van der Waals surface area contributed by atoms with Gasteiger partial charge in [-0.05, 0) is 33.5 Å². The van der Waals surface area contributed by atoms with E-state index >= 15 is 0 Å². The molecule has 0 aromatic rings. The monoisotopic (exact) mass is 188 g/mol. The van der Waals surface area contributed by atoms with Gasteiger partial charge in [0.15, 0.2) is 0 Å². The predicted molar refractivity (Wildman–Crippen MR) is 56.6 cm³/mol. The summed E-state index contributed by atoms with van der Waals surface area (Å²) in [6.07, 6.45) is 0. The molecule has 3 heteroatoms. The van der Waals surface area contributed by atoms with Crippen molar-refractivity contribution in [2.75, 3.05) is 26.2 Å². The normalized spacial score (nSPS) is 15.0. The van der Waals surface area contributed by atoms with Gasteiger partial charge in [-0.15, -0.1) is 0 Å². The smallest absolute Gasteiger partial charge is 0.0488 e. The van der Waals surface area contributed by atoms with Crippen molar-refractivity contribution in [3.8, 4) is 0 Å². The molecule has 0 aromatic heterocycles. The molecule has 13 heavy (non-hydrogen) atoms. The highest BCUT2D eigenvalue weighted by Crippen LogP contribution is 2.23. The highest BCUT2D eigenvalue weighted by atomic mass is 16.3. The number of nitrogens with zero attached hydrogens (tertiary/aromatic N) is 1. The molecule has 3 nitrogen and oxygen atoms in total. The fraction of sp³-hybridized carbons (Fsp3) is 1.00. The molecular weight excluding hydrogens is 164 g/mol. The minimum Gasteiger partial charge on any atom is -0.396 e. The van der Waals surface area contributed by atoms with E-state index in [4.69, 9.17) is 5.73 Å². The van der Waals surface area contributed by atoms with Crippen molar-refractivity contribution < 1.29 is 5.11 Å². The molecule has 0 heterocycles. The molecule has 0 rings (SSSR count). The minimum absolute atomic E-state index is 0.00694. The van der Waals surface area contributed by atoms with E-state index in [1.54, 1.807) is 0 Å². The van der Waals surface area contributed by atoms with Crippen molar-refractivity contribution >= 4 is 0 Å². The Balaban J connectivity index is 4.48. The first-order valence-corrected chi connectivity index (χ1v) is 5.10. The summed E-state index contributed by atoms with van der Waals surface area (Å²) < 4.78 is 0. The molecule has 0 aliphatic carbocycles. The summed E-state index contributed by atoms with van der Waals surface area (Å²) in [5, 5.41) is 9.19. The maximum absolute atomic E-state index is 9.19. The second kappa shape index (κ2) is 5.58. The first kappa shape index (κ1) is 12.9. The topological polar surface area (TPSA) is 49.5 Å². The van der Waals surface area contributed by atoms with Crippen molar-refractivity contribution in [1.29, 1.82) is 0 Å². The molecule has 1 atom stereocenters. The molecule has 0 bridgehead atoms. The maximum atomic E-state index is 9.19. The highest BCUT2D eigenvalue weighted by Gasteiger charge is 2.32. The predicted octanol–water partition coefficient (Wildman–Crippen LogP) is 0.674. The van der Waals surface area contributed by atoms with Gasteiger partial charge < -0.3 is 10.8 Å². The van der Waals surface area contributed by atoms with E-state index in [0.717, 1.165) is 13.1 Å². The van der Waals surface area contributed by atoms with Crippen LogP contribution in [0.1, 0.15) is 27.7 Å². The van der Waals surface area contributed by atoms with E-state index in [2.05, 4.69) is 32.6 Å². The first-order chi connectivity index (χ1) is 6.04. The Morgan fingerprint density at radius 2 is 1.77 bits per heavy atom. The second-order valence-electron chi connectivity index (χ2n) is 3.94. The summed E-state index contributed by atoms with van der Waals surface area (Å²) in [5.41, 5.74) is 5.62. The van der Waals surface area contributed by atoms with Crippen LogP contribution in [0.3, 0.4) is 0 Å². The summed E-state index contributed by atoms with van der Waals surface area (Å²) in [4.78, 5) is 2.33. The Bertz CT molecular complexity index is 115. The third-order valence-corrected chi connectivity index (χ3v) is 3.08. The van der Waals surface area contributed by atoms with Gasteiger partial charge in [0.2, 0.25) is 0 Å². The van der Waals surface area contributed by atoms with Crippen molar-refractivity contribution in [2.45, 2.75) is 33.2 Å². The van der Waals surface area contributed by atoms with Crippen LogP contribution in [0, 0.1) is 5.92 Å². The Morgan fingerprint density at radius 1 is 1.31 bits per heavy atom. The third-order valence-electron chi connectivity index (χ3n) is 3.08. The number of nitrogens with two attached hydrogens (primary N) is 1. The summed E-state index contributed by atoms with van der Waals surface area (Å²) in [6.45, 7) is 11.3. The lowest BCUT2D eigenvalue weighted by molar-refractivity contribution is 0.0435. The second-order valence-corrected chi connectivity index (χ2v) is 3.94.